The Kier molecular flexibility index (Phi) is 4.91. The first-order valence-corrected chi connectivity index (χ1v) is 10.3. The molecule has 0 N–H and O–H groups in total. The highest BCUT2D eigenvalue weighted by molar-refractivity contribution is 5.36. The Hall–Kier alpha value is -3.27. The molecule has 5 rings (SSSR count). The molecule has 2 fully saturated rings. The molecular formula is C20H24N8O2. The summed E-state index contributed by atoms with van der Waals surface area (Å²) in [6.07, 6.45) is 9.15. The second kappa shape index (κ2) is 7.86. The zero-order valence-corrected chi connectivity index (χ0v) is 16.7. The number of nitrogens with zero attached hydrogens (tertiary/aromatic N) is 8. The standard InChI is InChI=1S/C20H24N8O2/c29-18-5-4-17(27-8-1-6-22-27)23-28(18)15-12-24-10-13-25(14-11-24)19-20(30)26(9-7-21-19)16-2-3-16/h1,4-9,16H,2-3,10-15H2. The van der Waals surface area contributed by atoms with Gasteiger partial charge in [-0.05, 0) is 25.0 Å². The summed E-state index contributed by atoms with van der Waals surface area (Å²) in [4.78, 5) is 33.6. The number of piperazine rings is 1. The Bertz CT molecular complexity index is 1120. The van der Waals surface area contributed by atoms with E-state index in [-0.39, 0.29) is 11.1 Å². The first kappa shape index (κ1) is 18.7. The van der Waals surface area contributed by atoms with E-state index in [0.717, 1.165) is 45.6 Å². The van der Waals surface area contributed by atoms with E-state index >= 15 is 0 Å². The SMILES string of the molecule is O=c1c(N2CCN(CCn3nc(-n4cccn4)ccc3=O)CC2)nccn1C1CC1. The molecule has 0 radical (unpaired) electrons. The van der Waals surface area contributed by atoms with Crippen molar-refractivity contribution >= 4 is 5.82 Å². The van der Waals surface area contributed by atoms with Crippen LogP contribution in [0.3, 0.4) is 0 Å². The molecule has 1 aliphatic heterocycles. The van der Waals surface area contributed by atoms with Crippen LogP contribution in [-0.4, -0.2) is 66.7 Å². The van der Waals surface area contributed by atoms with Gasteiger partial charge in [-0.25, -0.2) is 14.3 Å². The molecule has 0 aromatic carbocycles. The van der Waals surface area contributed by atoms with E-state index in [1.807, 2.05) is 10.6 Å². The molecule has 156 valence electrons. The third kappa shape index (κ3) is 3.78. The van der Waals surface area contributed by atoms with Crippen molar-refractivity contribution < 1.29 is 0 Å². The van der Waals surface area contributed by atoms with Gasteiger partial charge in [0.2, 0.25) is 0 Å². The fraction of sp³-hybridized carbons (Fsp3) is 0.450. The molecule has 0 spiro atoms. The minimum Gasteiger partial charge on any atom is -0.349 e. The molecular weight excluding hydrogens is 384 g/mol. The Morgan fingerprint density at radius 3 is 2.53 bits per heavy atom. The molecule has 3 aromatic rings. The predicted octanol–water partition coefficient (Wildman–Crippen LogP) is 0.143. The van der Waals surface area contributed by atoms with E-state index in [0.29, 0.717) is 24.2 Å². The highest BCUT2D eigenvalue weighted by atomic mass is 16.1. The summed E-state index contributed by atoms with van der Waals surface area (Å²) in [5.74, 6) is 1.17. The van der Waals surface area contributed by atoms with Crippen LogP contribution in [0.25, 0.3) is 5.82 Å². The van der Waals surface area contributed by atoms with Crippen LogP contribution in [0.15, 0.2) is 52.6 Å². The van der Waals surface area contributed by atoms with Crippen molar-refractivity contribution in [1.82, 2.24) is 34.0 Å². The van der Waals surface area contributed by atoms with Gasteiger partial charge in [-0.3, -0.25) is 14.5 Å². The Balaban J connectivity index is 1.20. The molecule has 1 saturated carbocycles. The lowest BCUT2D eigenvalue weighted by molar-refractivity contribution is 0.242. The van der Waals surface area contributed by atoms with E-state index in [1.165, 1.54) is 10.7 Å². The fourth-order valence-corrected chi connectivity index (χ4v) is 3.82. The second-order valence-corrected chi connectivity index (χ2v) is 7.73. The van der Waals surface area contributed by atoms with Crippen molar-refractivity contribution in [3.8, 4) is 5.82 Å². The van der Waals surface area contributed by atoms with Crippen LogP contribution in [0.5, 0.6) is 0 Å². The van der Waals surface area contributed by atoms with Gasteiger partial charge in [0.25, 0.3) is 11.1 Å². The zero-order valence-electron chi connectivity index (χ0n) is 16.7. The molecule has 1 saturated heterocycles. The second-order valence-electron chi connectivity index (χ2n) is 7.73. The minimum atomic E-state index is -0.126. The van der Waals surface area contributed by atoms with Crippen LogP contribution in [0.1, 0.15) is 18.9 Å². The number of aromatic nitrogens is 6. The summed E-state index contributed by atoms with van der Waals surface area (Å²) in [5, 5.41) is 8.58. The highest BCUT2D eigenvalue weighted by Gasteiger charge is 2.27. The van der Waals surface area contributed by atoms with Crippen molar-refractivity contribution in [1.29, 1.82) is 0 Å². The first-order chi connectivity index (χ1) is 14.7. The minimum absolute atomic E-state index is 0.0136. The quantitative estimate of drug-likeness (QED) is 0.573. The summed E-state index contributed by atoms with van der Waals surface area (Å²) >= 11 is 0. The van der Waals surface area contributed by atoms with Gasteiger partial charge in [-0.1, -0.05) is 0 Å². The van der Waals surface area contributed by atoms with Gasteiger partial charge < -0.3 is 9.47 Å². The molecule has 2 aliphatic rings. The normalized spacial score (nSPS) is 17.4. The smallest absolute Gasteiger partial charge is 0.293 e. The lowest BCUT2D eigenvalue weighted by Gasteiger charge is -2.35. The van der Waals surface area contributed by atoms with Gasteiger partial charge in [0.1, 0.15) is 0 Å². The van der Waals surface area contributed by atoms with E-state index < -0.39 is 0 Å². The van der Waals surface area contributed by atoms with Gasteiger partial charge in [-0.15, -0.1) is 5.10 Å². The van der Waals surface area contributed by atoms with Crippen molar-refractivity contribution in [2.45, 2.75) is 25.4 Å². The molecule has 30 heavy (non-hydrogen) atoms. The van der Waals surface area contributed by atoms with E-state index in [9.17, 15) is 9.59 Å². The Morgan fingerprint density at radius 1 is 0.967 bits per heavy atom. The van der Waals surface area contributed by atoms with Crippen LogP contribution in [0.2, 0.25) is 0 Å². The zero-order chi connectivity index (χ0) is 20.5. The van der Waals surface area contributed by atoms with Gasteiger partial charge in [0.15, 0.2) is 11.6 Å². The lowest BCUT2D eigenvalue weighted by Crippen LogP contribution is -2.49. The van der Waals surface area contributed by atoms with E-state index in [2.05, 4.69) is 25.0 Å². The van der Waals surface area contributed by atoms with Gasteiger partial charge in [-0.2, -0.15) is 5.10 Å². The average molecular weight is 408 g/mol. The average Bonchev–Trinajstić information content (AvgIpc) is 3.47. The maximum atomic E-state index is 12.7. The molecule has 0 amide bonds. The lowest BCUT2D eigenvalue weighted by atomic mass is 10.3. The Morgan fingerprint density at radius 2 is 1.80 bits per heavy atom. The first-order valence-electron chi connectivity index (χ1n) is 10.3. The van der Waals surface area contributed by atoms with Crippen LogP contribution in [0.4, 0.5) is 5.82 Å². The summed E-state index contributed by atoms with van der Waals surface area (Å²) in [7, 11) is 0. The van der Waals surface area contributed by atoms with Crippen molar-refractivity contribution in [2.75, 3.05) is 37.6 Å². The Labute approximate surface area is 173 Å². The number of hydrogen-bond donors (Lipinski definition) is 0. The summed E-state index contributed by atoms with van der Waals surface area (Å²) in [5.41, 5.74) is -0.113. The van der Waals surface area contributed by atoms with Crippen molar-refractivity contribution in [3.05, 3.63) is 63.7 Å². The topological polar surface area (TPSA) is 94.1 Å². The summed E-state index contributed by atoms with van der Waals surface area (Å²) in [6.45, 7) is 4.34. The molecule has 10 heteroatoms. The molecule has 0 bridgehead atoms. The van der Waals surface area contributed by atoms with Crippen LogP contribution < -0.4 is 16.0 Å². The number of anilines is 1. The monoisotopic (exact) mass is 408 g/mol. The van der Waals surface area contributed by atoms with Crippen LogP contribution in [0, 0.1) is 0 Å². The van der Waals surface area contributed by atoms with E-state index in [4.69, 9.17) is 0 Å². The molecule has 0 atom stereocenters. The number of hydrogen-bond acceptors (Lipinski definition) is 7. The fourth-order valence-electron chi connectivity index (χ4n) is 3.82. The van der Waals surface area contributed by atoms with Gasteiger partial charge >= 0.3 is 0 Å². The van der Waals surface area contributed by atoms with E-state index in [1.54, 1.807) is 35.5 Å². The van der Waals surface area contributed by atoms with Crippen LogP contribution >= 0.6 is 0 Å². The molecule has 10 nitrogen and oxygen atoms in total. The summed E-state index contributed by atoms with van der Waals surface area (Å²) in [6, 6.07) is 5.36. The van der Waals surface area contributed by atoms with Crippen molar-refractivity contribution in [2.24, 2.45) is 0 Å². The van der Waals surface area contributed by atoms with Crippen LogP contribution in [-0.2, 0) is 6.54 Å². The van der Waals surface area contributed by atoms with Gasteiger partial charge in [0, 0.05) is 69.6 Å². The highest BCUT2D eigenvalue weighted by Crippen LogP contribution is 2.33. The predicted molar refractivity (Wildman–Crippen MR) is 111 cm³/mol. The maximum Gasteiger partial charge on any atom is 0.293 e. The van der Waals surface area contributed by atoms with Crippen molar-refractivity contribution in [3.63, 3.8) is 0 Å². The molecule has 3 aromatic heterocycles. The summed E-state index contributed by atoms with van der Waals surface area (Å²) < 4.78 is 4.94. The molecule has 4 heterocycles. The maximum absolute atomic E-state index is 12.7. The largest absolute Gasteiger partial charge is 0.349 e. The molecule has 1 aliphatic carbocycles. The molecule has 0 unspecified atom stereocenters. The number of rotatable bonds is 6. The van der Waals surface area contributed by atoms with Gasteiger partial charge in [0.05, 0.1) is 6.54 Å². The third-order valence-corrected chi connectivity index (χ3v) is 5.68. The third-order valence-electron chi connectivity index (χ3n) is 5.68.